The quantitative estimate of drug-likeness (QED) is 0.0994. The Balaban J connectivity index is 0.825. The number of anilines is 4. The van der Waals surface area contributed by atoms with Crippen LogP contribution in [0.3, 0.4) is 0 Å². The van der Waals surface area contributed by atoms with Gasteiger partial charge >= 0.3 is 0 Å². The largest absolute Gasteiger partial charge is 0.493 e. The molecule has 1 unspecified atom stereocenters. The van der Waals surface area contributed by atoms with E-state index in [0.717, 1.165) is 68.4 Å². The topological polar surface area (TPSA) is 203 Å². The first kappa shape index (κ1) is 44.2. The molecular formula is C50H56N8O10S. The van der Waals surface area contributed by atoms with Gasteiger partial charge in [0.1, 0.15) is 28.9 Å². The Morgan fingerprint density at radius 2 is 1.77 bits per heavy atom. The molecule has 2 spiro atoms. The fourth-order valence-corrected chi connectivity index (χ4v) is 13.3. The summed E-state index contributed by atoms with van der Waals surface area (Å²) in [6.07, 6.45) is 10.1. The van der Waals surface area contributed by atoms with Gasteiger partial charge in [0.25, 0.3) is 21.6 Å². The summed E-state index contributed by atoms with van der Waals surface area (Å²) >= 11 is 0. The zero-order valence-corrected chi connectivity index (χ0v) is 39.1. The molecule has 0 radical (unpaired) electrons. The van der Waals surface area contributed by atoms with Crippen LogP contribution in [0.4, 0.5) is 28.4 Å². The van der Waals surface area contributed by atoms with E-state index in [9.17, 15) is 23.3 Å². The normalized spacial score (nSPS) is 25.5. The highest BCUT2D eigenvalue weighted by Crippen LogP contribution is 2.57. The molecule has 5 aromatic rings. The third kappa shape index (κ3) is 7.91. The van der Waals surface area contributed by atoms with Crippen molar-refractivity contribution < 1.29 is 41.8 Å². The van der Waals surface area contributed by atoms with Crippen LogP contribution in [0.5, 0.6) is 11.6 Å². The maximum Gasteiger partial charge on any atom is 0.293 e. The second kappa shape index (κ2) is 17.4. The smallest absolute Gasteiger partial charge is 0.293 e. The highest BCUT2D eigenvalue weighted by molar-refractivity contribution is 7.90. The Morgan fingerprint density at radius 1 is 0.899 bits per heavy atom. The molecule has 4 saturated heterocycles. The van der Waals surface area contributed by atoms with E-state index in [-0.39, 0.29) is 40.9 Å². The van der Waals surface area contributed by atoms with Gasteiger partial charge in [0.05, 0.1) is 78.4 Å². The second-order valence-electron chi connectivity index (χ2n) is 19.7. The molecule has 3 N–H and O–H groups in total. The number of likely N-dealkylation sites (tertiary alicyclic amines) is 1. The van der Waals surface area contributed by atoms with Crippen LogP contribution < -0.4 is 29.3 Å². The van der Waals surface area contributed by atoms with E-state index in [1.54, 1.807) is 12.3 Å². The van der Waals surface area contributed by atoms with Crippen molar-refractivity contribution in [2.24, 2.45) is 5.41 Å². The number of aromatic amines is 1. The van der Waals surface area contributed by atoms with Gasteiger partial charge < -0.3 is 43.8 Å². The number of carbonyl (C=O) groups excluding carboxylic acids is 1. The minimum absolute atomic E-state index is 0.0360. The number of piperidine rings is 2. The highest BCUT2D eigenvalue weighted by atomic mass is 32.2. The molecule has 362 valence electrons. The minimum atomic E-state index is -4.62. The number of ether oxygens (including phenoxy) is 5. The number of H-pyrrole nitrogens is 1. The Kier molecular flexibility index (Phi) is 11.2. The number of nitrogens with one attached hydrogen (secondary N) is 3. The van der Waals surface area contributed by atoms with Crippen molar-refractivity contribution in [3.8, 4) is 11.6 Å². The molecular weight excluding hydrogens is 905 g/mol. The predicted octanol–water partition coefficient (Wildman–Crippen LogP) is 6.63. The van der Waals surface area contributed by atoms with Crippen LogP contribution in [-0.2, 0) is 29.8 Å². The minimum Gasteiger partial charge on any atom is -0.493 e. The molecule has 1 aliphatic carbocycles. The highest BCUT2D eigenvalue weighted by Gasteiger charge is 2.54. The number of hydrogen-bond donors (Lipinski definition) is 3. The molecule has 12 rings (SSSR count). The molecule has 1 saturated carbocycles. The summed E-state index contributed by atoms with van der Waals surface area (Å²) in [5.74, 6) is 0.509. The number of benzene rings is 3. The van der Waals surface area contributed by atoms with Crippen LogP contribution in [0.1, 0.15) is 67.3 Å². The first-order valence-electron chi connectivity index (χ1n) is 24.3. The van der Waals surface area contributed by atoms with Crippen LogP contribution in [0.15, 0.2) is 83.9 Å². The van der Waals surface area contributed by atoms with Crippen LogP contribution >= 0.6 is 0 Å². The van der Waals surface area contributed by atoms with Gasteiger partial charge in [0.2, 0.25) is 5.88 Å². The number of aromatic nitrogens is 2. The number of pyridine rings is 1. The van der Waals surface area contributed by atoms with E-state index in [4.69, 9.17) is 28.7 Å². The van der Waals surface area contributed by atoms with Gasteiger partial charge in [-0.05, 0) is 105 Å². The summed E-state index contributed by atoms with van der Waals surface area (Å²) in [5, 5.41) is 16.1. The molecule has 5 fully saturated rings. The van der Waals surface area contributed by atoms with E-state index in [2.05, 4.69) is 49.1 Å². The number of hydrogen-bond acceptors (Lipinski definition) is 15. The monoisotopic (exact) mass is 960 g/mol. The van der Waals surface area contributed by atoms with Crippen molar-refractivity contribution in [3.05, 3.63) is 100 Å². The van der Waals surface area contributed by atoms with Gasteiger partial charge in [0.15, 0.2) is 0 Å². The molecule has 6 aliphatic heterocycles. The van der Waals surface area contributed by atoms with Crippen LogP contribution in [0.2, 0.25) is 0 Å². The number of nitro groups is 1. The molecule has 4 atom stereocenters. The lowest BCUT2D eigenvalue weighted by Crippen LogP contribution is -2.62. The Bertz CT molecular complexity index is 2910. The fourth-order valence-electron chi connectivity index (χ4n) is 12.3. The Morgan fingerprint density at radius 3 is 2.61 bits per heavy atom. The van der Waals surface area contributed by atoms with Gasteiger partial charge in [-0.3, -0.25) is 19.8 Å². The zero-order chi connectivity index (χ0) is 46.9. The van der Waals surface area contributed by atoms with Gasteiger partial charge in [-0.1, -0.05) is 18.2 Å². The number of sulfonamides is 1. The Hall–Kier alpha value is -5.99. The van der Waals surface area contributed by atoms with E-state index in [1.165, 1.54) is 49.8 Å². The lowest BCUT2D eigenvalue weighted by molar-refractivity contribution is -0.384. The van der Waals surface area contributed by atoms with E-state index < -0.39 is 37.5 Å². The van der Waals surface area contributed by atoms with Crippen molar-refractivity contribution in [3.63, 3.8) is 0 Å². The van der Waals surface area contributed by atoms with Crippen LogP contribution in [0, 0.1) is 15.5 Å². The first-order chi connectivity index (χ1) is 33.6. The number of fused-ring (bicyclic) bond motifs is 5. The summed E-state index contributed by atoms with van der Waals surface area (Å²) in [5.41, 5.74) is 4.03. The zero-order valence-electron chi connectivity index (χ0n) is 38.3. The summed E-state index contributed by atoms with van der Waals surface area (Å²) in [7, 11) is -4.62. The predicted molar refractivity (Wildman–Crippen MR) is 256 cm³/mol. The van der Waals surface area contributed by atoms with Crippen molar-refractivity contribution in [1.29, 1.82) is 0 Å². The van der Waals surface area contributed by atoms with Gasteiger partial charge in [-0.2, -0.15) is 4.98 Å². The third-order valence-electron chi connectivity index (χ3n) is 15.8. The van der Waals surface area contributed by atoms with Crippen molar-refractivity contribution in [1.82, 2.24) is 19.6 Å². The van der Waals surface area contributed by atoms with Crippen molar-refractivity contribution in [2.75, 3.05) is 80.9 Å². The average molecular weight is 961 g/mol. The average Bonchev–Trinajstić information content (AvgIpc) is 4.03. The molecule has 8 heterocycles. The first-order valence-corrected chi connectivity index (χ1v) is 25.7. The molecule has 2 aromatic heterocycles. The standard InChI is InChI=1S/C50H56N8O10S/c59-47(54-69(62,63)36-8-10-39(41(25-36)58(60)61)52-28-35-29-64-21-22-66-35)37-9-7-33(24-40(37)57-42-23-32-11-16-51-46(32)53-48(42)68-45-31-65-30-43(45)57)55-18-13-49(14-19-55)26-34(27-49)56-17-4-3-12-50(56)15-20-67-44-6-2-1-5-38(44)50/h1-2,5-11,16,23-25,34-35,43,45,52H,3-4,12-15,17-22,26-31H2,(H,51,53)(H,54,59)/t35?,43-,45-,50-/m1/s1. The molecule has 3 aromatic carbocycles. The molecule has 1 amide bonds. The molecule has 7 aliphatic rings. The SMILES string of the molecule is O=C(NS(=O)(=O)c1ccc(NCC2COCCO2)c([N+](=O)[O-])c1)c1ccc(N2CCC3(CC2)CC(N2CCCC[C@]24CCOc2ccccc24)C3)cc1N1c2cc3cc[nH]c3nc2O[C@@H]2COC[C@H]21. The number of para-hydroxylation sites is 1. The number of nitrogens with zero attached hydrogens (tertiary/aromatic N) is 5. The van der Waals surface area contributed by atoms with Crippen molar-refractivity contribution in [2.45, 2.75) is 86.1 Å². The number of carbonyl (C=O) groups is 1. The summed E-state index contributed by atoms with van der Waals surface area (Å²) < 4.78 is 60.1. The van der Waals surface area contributed by atoms with Gasteiger partial charge in [-0.15, -0.1) is 0 Å². The second-order valence-corrected chi connectivity index (χ2v) is 21.4. The van der Waals surface area contributed by atoms with E-state index in [1.807, 2.05) is 29.2 Å². The maximum absolute atomic E-state index is 14.6. The molecule has 0 bridgehead atoms. The number of nitro benzene ring substituents is 1. The summed E-state index contributed by atoms with van der Waals surface area (Å²) in [6, 6.07) is 21.7. The maximum atomic E-state index is 14.6. The molecule has 69 heavy (non-hydrogen) atoms. The van der Waals surface area contributed by atoms with Gasteiger partial charge in [0, 0.05) is 61.0 Å². The van der Waals surface area contributed by atoms with Gasteiger partial charge in [-0.25, -0.2) is 13.1 Å². The third-order valence-corrected chi connectivity index (χ3v) is 17.2. The van der Waals surface area contributed by atoms with Crippen LogP contribution in [0.25, 0.3) is 11.0 Å². The number of rotatable bonds is 10. The molecule has 18 nitrogen and oxygen atoms in total. The molecule has 19 heteroatoms. The van der Waals surface area contributed by atoms with Crippen molar-refractivity contribution >= 4 is 55.4 Å². The van der Waals surface area contributed by atoms with E-state index >= 15 is 0 Å². The fraction of sp³-hybridized carbons (Fsp3) is 0.480. The Labute approximate surface area is 399 Å². The summed E-state index contributed by atoms with van der Waals surface area (Å²) in [6.45, 7) is 5.55. The van der Waals surface area contributed by atoms with Crippen LogP contribution in [-0.4, -0.2) is 124 Å². The summed E-state index contributed by atoms with van der Waals surface area (Å²) in [4.78, 5) is 41.0. The lowest BCUT2D eigenvalue weighted by Gasteiger charge is -2.61. The number of amides is 1. The van der Waals surface area contributed by atoms with E-state index in [0.29, 0.717) is 62.0 Å². The lowest BCUT2D eigenvalue weighted by atomic mass is 9.58.